The van der Waals surface area contributed by atoms with Crippen LogP contribution in [0.15, 0.2) is 65.1 Å². The second-order valence-corrected chi connectivity index (χ2v) is 5.70. The Bertz CT molecular complexity index is 1030. The second-order valence-electron chi connectivity index (χ2n) is 5.70. The molecule has 124 valence electrons. The molecule has 0 bridgehead atoms. The Morgan fingerprint density at radius 2 is 1.88 bits per heavy atom. The van der Waals surface area contributed by atoms with E-state index in [4.69, 9.17) is 9.40 Å². The van der Waals surface area contributed by atoms with Gasteiger partial charge >= 0.3 is 0 Å². The van der Waals surface area contributed by atoms with Crippen molar-refractivity contribution < 1.29 is 14.3 Å². The highest BCUT2D eigenvalue weighted by molar-refractivity contribution is 5.85. The lowest BCUT2D eigenvalue weighted by Gasteiger charge is -2.07. The number of hydrogen-bond acceptors (Lipinski definition) is 4. The van der Waals surface area contributed by atoms with Crippen LogP contribution in [0.1, 0.15) is 10.6 Å². The topological polar surface area (TPSA) is 68.3 Å². The van der Waals surface area contributed by atoms with Gasteiger partial charge in [0.05, 0.1) is 17.6 Å². The van der Waals surface area contributed by atoms with Crippen LogP contribution < -0.4 is 0 Å². The first kappa shape index (κ1) is 15.4. The average molecular weight is 332 g/mol. The summed E-state index contributed by atoms with van der Waals surface area (Å²) in [5.74, 6) is 1.74. The van der Waals surface area contributed by atoms with Crippen molar-refractivity contribution in [2.45, 2.75) is 6.54 Å². The molecule has 0 unspecified atom stereocenters. The fraction of sp³-hybridized carbons (Fsp3) is 0.100. The minimum Gasteiger partial charge on any atom is -0.453 e. The molecule has 0 spiro atoms. The quantitative estimate of drug-likeness (QED) is 0.565. The molecule has 4 rings (SSSR count). The summed E-state index contributed by atoms with van der Waals surface area (Å²) >= 11 is 0. The van der Waals surface area contributed by atoms with Crippen molar-refractivity contribution >= 4 is 17.3 Å². The van der Waals surface area contributed by atoms with Crippen molar-refractivity contribution in [1.82, 2.24) is 9.55 Å². The van der Waals surface area contributed by atoms with Gasteiger partial charge < -0.3 is 14.1 Å². The van der Waals surface area contributed by atoms with E-state index in [2.05, 4.69) is 0 Å². The number of aliphatic hydroxyl groups is 1. The Labute approximate surface area is 144 Å². The summed E-state index contributed by atoms with van der Waals surface area (Å²) < 4.78 is 7.50. The molecule has 0 aliphatic rings. The smallest absolute Gasteiger partial charge is 0.185 e. The molecule has 0 saturated carbocycles. The monoisotopic (exact) mass is 332 g/mol. The number of hydrogen-bond donors (Lipinski definition) is 1. The summed E-state index contributed by atoms with van der Waals surface area (Å²) in [7, 11) is 0. The van der Waals surface area contributed by atoms with Gasteiger partial charge in [-0.1, -0.05) is 30.3 Å². The molecule has 0 saturated heterocycles. The van der Waals surface area contributed by atoms with Crippen molar-refractivity contribution in [2.75, 3.05) is 6.61 Å². The van der Waals surface area contributed by atoms with Crippen LogP contribution in [0, 0.1) is 0 Å². The van der Waals surface area contributed by atoms with Gasteiger partial charge in [0, 0.05) is 17.7 Å². The number of aldehydes is 1. The first-order valence-corrected chi connectivity index (χ1v) is 8.02. The van der Waals surface area contributed by atoms with Crippen LogP contribution in [-0.2, 0) is 6.54 Å². The van der Waals surface area contributed by atoms with Crippen molar-refractivity contribution in [2.24, 2.45) is 0 Å². The Kier molecular flexibility index (Phi) is 3.91. The maximum Gasteiger partial charge on any atom is 0.185 e. The molecule has 2 aromatic carbocycles. The standard InChI is InChI=1S/C20H16N2O3/c23-11-10-22-18-8-6-15(19-9-7-16(13-24)25-19)12-17(18)21-20(22)14-4-2-1-3-5-14/h1-9,12-13,23H,10-11H2. The van der Waals surface area contributed by atoms with Crippen LogP contribution in [0.4, 0.5) is 0 Å². The van der Waals surface area contributed by atoms with Gasteiger partial charge in [-0.3, -0.25) is 4.79 Å². The summed E-state index contributed by atoms with van der Waals surface area (Å²) in [6, 6.07) is 19.1. The highest BCUT2D eigenvalue weighted by Crippen LogP contribution is 2.29. The summed E-state index contributed by atoms with van der Waals surface area (Å²) in [6.07, 6.45) is 0.686. The number of aliphatic hydroxyl groups excluding tert-OH is 1. The maximum atomic E-state index is 10.8. The molecule has 5 heteroatoms. The average Bonchev–Trinajstić information content (AvgIpc) is 3.27. The molecule has 1 N–H and O–H groups in total. The maximum absolute atomic E-state index is 10.8. The van der Waals surface area contributed by atoms with Crippen molar-refractivity contribution in [3.05, 3.63) is 66.4 Å². The first-order valence-electron chi connectivity index (χ1n) is 8.02. The van der Waals surface area contributed by atoms with Gasteiger partial charge in [0.1, 0.15) is 11.6 Å². The fourth-order valence-electron chi connectivity index (χ4n) is 2.99. The zero-order valence-corrected chi connectivity index (χ0v) is 13.4. The molecule has 0 amide bonds. The molecular formula is C20H16N2O3. The minimum absolute atomic E-state index is 0.0356. The van der Waals surface area contributed by atoms with Crippen LogP contribution in [0.2, 0.25) is 0 Å². The van der Waals surface area contributed by atoms with E-state index in [0.717, 1.165) is 28.0 Å². The molecular weight excluding hydrogens is 316 g/mol. The number of furan rings is 1. The number of carbonyl (C=O) groups excluding carboxylic acids is 1. The van der Waals surface area contributed by atoms with E-state index in [1.807, 2.05) is 53.1 Å². The van der Waals surface area contributed by atoms with E-state index in [1.54, 1.807) is 12.1 Å². The lowest BCUT2D eigenvalue weighted by atomic mass is 10.1. The summed E-state index contributed by atoms with van der Waals surface area (Å²) in [5, 5.41) is 9.43. The lowest BCUT2D eigenvalue weighted by Crippen LogP contribution is -2.04. The van der Waals surface area contributed by atoms with Gasteiger partial charge in [-0.25, -0.2) is 4.98 Å². The lowest BCUT2D eigenvalue weighted by molar-refractivity contribution is 0.110. The zero-order valence-electron chi connectivity index (χ0n) is 13.4. The third-order valence-electron chi connectivity index (χ3n) is 4.13. The predicted molar refractivity (Wildman–Crippen MR) is 95.3 cm³/mol. The molecule has 0 aliphatic carbocycles. The molecule has 2 aromatic heterocycles. The molecule has 4 aromatic rings. The van der Waals surface area contributed by atoms with E-state index in [-0.39, 0.29) is 6.61 Å². The number of benzene rings is 2. The Hall–Kier alpha value is -3.18. The van der Waals surface area contributed by atoms with Crippen molar-refractivity contribution in [3.8, 4) is 22.7 Å². The third kappa shape index (κ3) is 2.75. The van der Waals surface area contributed by atoms with Crippen molar-refractivity contribution in [1.29, 1.82) is 0 Å². The largest absolute Gasteiger partial charge is 0.453 e. The van der Waals surface area contributed by atoms with Gasteiger partial charge in [0.2, 0.25) is 0 Å². The van der Waals surface area contributed by atoms with Crippen molar-refractivity contribution in [3.63, 3.8) is 0 Å². The first-order chi connectivity index (χ1) is 12.3. The fourth-order valence-corrected chi connectivity index (χ4v) is 2.99. The van der Waals surface area contributed by atoms with Gasteiger partial charge in [-0.05, 0) is 30.3 Å². The summed E-state index contributed by atoms with van der Waals surface area (Å²) in [6.45, 7) is 0.504. The van der Waals surface area contributed by atoms with Gasteiger partial charge in [-0.2, -0.15) is 0 Å². The zero-order chi connectivity index (χ0) is 17.2. The number of rotatable bonds is 5. The van der Waals surface area contributed by atoms with Gasteiger partial charge in [-0.15, -0.1) is 0 Å². The Balaban J connectivity index is 1.86. The molecule has 0 atom stereocenters. The van der Waals surface area contributed by atoms with E-state index in [1.165, 1.54) is 0 Å². The van der Waals surface area contributed by atoms with Crippen LogP contribution >= 0.6 is 0 Å². The van der Waals surface area contributed by atoms with Gasteiger partial charge in [0.25, 0.3) is 0 Å². The molecule has 25 heavy (non-hydrogen) atoms. The summed E-state index contributed by atoms with van der Waals surface area (Å²) in [5.41, 5.74) is 3.61. The molecule has 2 heterocycles. The number of fused-ring (bicyclic) bond motifs is 1. The number of imidazole rings is 1. The van der Waals surface area contributed by atoms with E-state index >= 15 is 0 Å². The third-order valence-corrected chi connectivity index (χ3v) is 4.13. The molecule has 0 radical (unpaired) electrons. The summed E-state index contributed by atoms with van der Waals surface area (Å²) in [4.78, 5) is 15.6. The predicted octanol–water partition coefficient (Wildman–Crippen LogP) is 3.77. The number of nitrogens with zero attached hydrogens (tertiary/aromatic N) is 2. The second kappa shape index (κ2) is 6.37. The molecule has 5 nitrogen and oxygen atoms in total. The number of aromatic nitrogens is 2. The molecule has 0 aliphatic heterocycles. The van der Waals surface area contributed by atoms with Crippen LogP contribution in [-0.4, -0.2) is 27.6 Å². The highest BCUT2D eigenvalue weighted by Gasteiger charge is 2.14. The Morgan fingerprint density at radius 3 is 2.60 bits per heavy atom. The number of carbonyl (C=O) groups is 1. The normalized spacial score (nSPS) is 11.1. The van der Waals surface area contributed by atoms with E-state index in [0.29, 0.717) is 24.4 Å². The SMILES string of the molecule is O=Cc1ccc(-c2ccc3c(c2)nc(-c2ccccc2)n3CCO)o1. The van der Waals surface area contributed by atoms with E-state index < -0.39 is 0 Å². The highest BCUT2D eigenvalue weighted by atomic mass is 16.3. The molecule has 0 fully saturated rings. The van der Waals surface area contributed by atoms with Crippen LogP contribution in [0.5, 0.6) is 0 Å². The van der Waals surface area contributed by atoms with Crippen LogP contribution in [0.3, 0.4) is 0 Å². The van der Waals surface area contributed by atoms with Crippen LogP contribution in [0.25, 0.3) is 33.7 Å². The minimum atomic E-state index is 0.0356. The Morgan fingerprint density at radius 1 is 1.04 bits per heavy atom. The van der Waals surface area contributed by atoms with Gasteiger partial charge in [0.15, 0.2) is 12.0 Å². The van der Waals surface area contributed by atoms with E-state index in [9.17, 15) is 9.90 Å².